The van der Waals surface area contributed by atoms with Gasteiger partial charge in [0.2, 0.25) is 0 Å². The Hall–Kier alpha value is -1.04. The lowest BCUT2D eigenvalue weighted by atomic mass is 10.3. The van der Waals surface area contributed by atoms with Gasteiger partial charge in [0.25, 0.3) is 0 Å². The number of carbonyl (C=O) groups is 2. The van der Waals surface area contributed by atoms with Gasteiger partial charge in [-0.25, -0.2) is 0 Å². The summed E-state index contributed by atoms with van der Waals surface area (Å²) in [4.78, 5) is 33.4. The summed E-state index contributed by atoms with van der Waals surface area (Å²) in [7, 11) is -3.13. The van der Waals surface area contributed by atoms with Gasteiger partial charge in [-0.1, -0.05) is 0 Å². The number of rotatable bonds is 4. The summed E-state index contributed by atoms with van der Waals surface area (Å²) >= 11 is 0. The first-order chi connectivity index (χ1) is 5.15. The number of unbranched alkanes of at least 4 members (excludes halogenated alkanes) is 2. The zero-order valence-corrected chi connectivity index (χ0v) is 6.90. The van der Waals surface area contributed by atoms with Gasteiger partial charge in [0.1, 0.15) is 12.6 Å². The summed E-state index contributed by atoms with van der Waals surface area (Å²) in [6, 6.07) is 0. The normalized spacial score (nSPS) is 7.27. The molecule has 0 fully saturated rings. The standard InChI is InChI=1S/C5H8O2.H2O3Si/c6-4-2-1-3-5-7;1-4(2)3/h4-5H,1-3H2;1-2H. The molecular weight excluding hydrogens is 168 g/mol. The van der Waals surface area contributed by atoms with Crippen LogP contribution in [0.1, 0.15) is 19.3 Å². The molecule has 0 spiro atoms. The van der Waals surface area contributed by atoms with E-state index in [0.29, 0.717) is 19.3 Å². The van der Waals surface area contributed by atoms with Crippen LogP contribution in [-0.4, -0.2) is 31.3 Å². The second-order valence-corrected chi connectivity index (χ2v) is 2.11. The average Bonchev–Trinajstić information content (AvgIpc) is 1.88. The fraction of sp³-hybridized carbons (Fsp3) is 0.600. The smallest absolute Gasteiger partial charge is 0.511 e. The number of hydrogen-bond acceptors (Lipinski definition) is 3. The summed E-state index contributed by atoms with van der Waals surface area (Å²) in [5, 5.41) is 0. The molecular formula is C5H10O5Si. The minimum atomic E-state index is -3.13. The van der Waals surface area contributed by atoms with E-state index in [4.69, 9.17) is 14.1 Å². The van der Waals surface area contributed by atoms with Gasteiger partial charge in [0.05, 0.1) is 0 Å². The largest absolute Gasteiger partial charge is 0.761 e. The lowest BCUT2D eigenvalue weighted by Crippen LogP contribution is -1.90. The average molecular weight is 178 g/mol. The first kappa shape index (κ1) is 12.6. The van der Waals surface area contributed by atoms with Crippen LogP contribution in [0.5, 0.6) is 0 Å². The number of aldehydes is 2. The topological polar surface area (TPSA) is 91.7 Å². The first-order valence-electron chi connectivity index (χ1n) is 2.94. The zero-order chi connectivity index (χ0) is 9.11. The molecule has 11 heavy (non-hydrogen) atoms. The molecule has 0 aromatic rings. The monoisotopic (exact) mass is 178 g/mol. The Kier molecular flexibility index (Phi) is 13.4. The molecule has 64 valence electrons. The summed E-state index contributed by atoms with van der Waals surface area (Å²) < 4.78 is 8.74. The molecule has 0 aromatic heterocycles. The molecule has 0 aliphatic heterocycles. The van der Waals surface area contributed by atoms with Crippen LogP contribution < -0.4 is 0 Å². The van der Waals surface area contributed by atoms with E-state index < -0.39 is 9.17 Å². The van der Waals surface area contributed by atoms with Gasteiger partial charge in [-0.05, 0) is 6.42 Å². The summed E-state index contributed by atoms with van der Waals surface area (Å²) in [5.74, 6) is 0. The molecule has 6 heteroatoms. The molecule has 0 aliphatic rings. The predicted molar refractivity (Wildman–Crippen MR) is 36.9 cm³/mol. The van der Waals surface area contributed by atoms with E-state index in [1.165, 1.54) is 0 Å². The maximum absolute atomic E-state index is 9.56. The van der Waals surface area contributed by atoms with Crippen LogP contribution in [0.25, 0.3) is 0 Å². The van der Waals surface area contributed by atoms with Crippen LogP contribution in [0.4, 0.5) is 0 Å². The Morgan fingerprint density at radius 3 is 1.55 bits per heavy atom. The van der Waals surface area contributed by atoms with Gasteiger partial charge in [-0.3, -0.25) is 4.46 Å². The third-order valence-corrected chi connectivity index (χ3v) is 0.644. The highest BCUT2D eigenvalue weighted by molar-refractivity contribution is 6.22. The second kappa shape index (κ2) is 11.7. The second-order valence-electron chi connectivity index (χ2n) is 1.55. The van der Waals surface area contributed by atoms with Crippen molar-refractivity contribution in [1.82, 2.24) is 0 Å². The van der Waals surface area contributed by atoms with Crippen molar-refractivity contribution in [3.8, 4) is 0 Å². The first-order valence-corrected chi connectivity index (χ1v) is 4.24. The van der Waals surface area contributed by atoms with Crippen LogP contribution in [0.15, 0.2) is 0 Å². The molecule has 0 amide bonds. The van der Waals surface area contributed by atoms with Crippen LogP contribution >= 0.6 is 0 Å². The van der Waals surface area contributed by atoms with Crippen LogP contribution in [0, 0.1) is 0 Å². The molecule has 0 rings (SSSR count). The minimum Gasteiger partial charge on any atom is -0.511 e. The Balaban J connectivity index is 0. The molecule has 0 unspecified atom stereocenters. The van der Waals surface area contributed by atoms with Gasteiger partial charge >= 0.3 is 9.17 Å². The van der Waals surface area contributed by atoms with Gasteiger partial charge < -0.3 is 19.2 Å². The van der Waals surface area contributed by atoms with Crippen LogP contribution in [0.3, 0.4) is 0 Å². The van der Waals surface area contributed by atoms with E-state index >= 15 is 0 Å². The van der Waals surface area contributed by atoms with Crippen molar-refractivity contribution >= 4 is 21.7 Å². The molecule has 0 atom stereocenters. The molecule has 0 saturated heterocycles. The van der Waals surface area contributed by atoms with Crippen LogP contribution in [0.2, 0.25) is 0 Å². The van der Waals surface area contributed by atoms with E-state index in [1.807, 2.05) is 0 Å². The van der Waals surface area contributed by atoms with E-state index in [1.54, 1.807) is 0 Å². The quantitative estimate of drug-likeness (QED) is 0.325. The highest BCUT2D eigenvalue weighted by Crippen LogP contribution is 1.85. The van der Waals surface area contributed by atoms with Crippen LogP contribution in [-0.2, 0) is 14.1 Å². The Bertz CT molecular complexity index is 112. The zero-order valence-electron chi connectivity index (χ0n) is 5.90. The van der Waals surface area contributed by atoms with E-state index in [0.717, 1.165) is 12.6 Å². The molecule has 2 N–H and O–H groups in total. The minimum absolute atomic E-state index is 0.513. The van der Waals surface area contributed by atoms with E-state index in [9.17, 15) is 9.59 Å². The Morgan fingerprint density at radius 2 is 1.36 bits per heavy atom. The van der Waals surface area contributed by atoms with E-state index in [2.05, 4.69) is 0 Å². The fourth-order valence-electron chi connectivity index (χ4n) is 0.285. The van der Waals surface area contributed by atoms with Crippen molar-refractivity contribution in [1.29, 1.82) is 0 Å². The van der Waals surface area contributed by atoms with Crippen molar-refractivity contribution in [3.05, 3.63) is 0 Å². The lowest BCUT2D eigenvalue weighted by Gasteiger charge is -1.78. The van der Waals surface area contributed by atoms with Crippen molar-refractivity contribution < 1.29 is 23.6 Å². The van der Waals surface area contributed by atoms with Gasteiger partial charge in [0.15, 0.2) is 0 Å². The Morgan fingerprint density at radius 1 is 1.09 bits per heavy atom. The summed E-state index contributed by atoms with van der Waals surface area (Å²) in [5.41, 5.74) is 0. The highest BCUT2D eigenvalue weighted by Gasteiger charge is 1.85. The van der Waals surface area contributed by atoms with E-state index in [-0.39, 0.29) is 0 Å². The molecule has 0 saturated carbocycles. The molecule has 0 radical (unpaired) electrons. The van der Waals surface area contributed by atoms with Gasteiger partial charge in [-0.2, -0.15) is 0 Å². The third kappa shape index (κ3) is 49.6. The van der Waals surface area contributed by atoms with Crippen molar-refractivity contribution in [3.63, 3.8) is 0 Å². The van der Waals surface area contributed by atoms with Crippen molar-refractivity contribution in [2.45, 2.75) is 19.3 Å². The molecule has 0 heterocycles. The fourth-order valence-corrected chi connectivity index (χ4v) is 0.285. The molecule has 0 aliphatic carbocycles. The summed E-state index contributed by atoms with van der Waals surface area (Å²) in [6.45, 7) is 0. The number of hydrogen-bond donors (Lipinski definition) is 2. The summed E-state index contributed by atoms with van der Waals surface area (Å²) in [6.07, 6.45) is 3.37. The SMILES string of the molecule is O=CCCCC=O.O=[Si](O)O. The Labute approximate surface area is 65.6 Å². The molecule has 0 aromatic carbocycles. The third-order valence-electron chi connectivity index (χ3n) is 0.644. The number of carbonyl (C=O) groups excluding carboxylic acids is 2. The van der Waals surface area contributed by atoms with Crippen molar-refractivity contribution in [2.24, 2.45) is 0 Å². The predicted octanol–water partition coefficient (Wildman–Crippen LogP) is -1.06. The van der Waals surface area contributed by atoms with Crippen molar-refractivity contribution in [2.75, 3.05) is 0 Å². The highest BCUT2D eigenvalue weighted by atomic mass is 28.3. The maximum atomic E-state index is 9.56. The lowest BCUT2D eigenvalue weighted by molar-refractivity contribution is -0.108. The van der Waals surface area contributed by atoms with Gasteiger partial charge in [-0.15, -0.1) is 0 Å². The molecule has 0 bridgehead atoms. The maximum Gasteiger partial charge on any atom is 0.761 e. The van der Waals surface area contributed by atoms with Gasteiger partial charge in [0, 0.05) is 12.8 Å². The molecule has 5 nitrogen and oxygen atoms in total.